The minimum absolute atomic E-state index is 0.142. The van der Waals surface area contributed by atoms with E-state index in [1.54, 1.807) is 24.5 Å². The van der Waals surface area contributed by atoms with E-state index in [1.807, 2.05) is 0 Å². The van der Waals surface area contributed by atoms with E-state index in [1.165, 1.54) is 0 Å². The van der Waals surface area contributed by atoms with Crippen LogP contribution < -0.4 is 16.0 Å². The van der Waals surface area contributed by atoms with Gasteiger partial charge in [-0.3, -0.25) is 0 Å². The first-order valence-electron chi connectivity index (χ1n) is 8.70. The van der Waals surface area contributed by atoms with E-state index < -0.39 is 0 Å². The third-order valence-corrected chi connectivity index (χ3v) is 4.85. The van der Waals surface area contributed by atoms with E-state index in [-0.39, 0.29) is 11.9 Å². The molecule has 0 bridgehead atoms. The SMILES string of the molecule is Nc1cc(-c2cnc(N3CCOCC3)nc2)c(F)cc1[C@@H]1CCCN1. The molecule has 2 fully saturated rings. The Labute approximate surface area is 146 Å². The highest BCUT2D eigenvalue weighted by Gasteiger charge is 2.21. The fraction of sp³-hybridized carbons (Fsp3) is 0.444. The molecule has 6 nitrogen and oxygen atoms in total. The number of halogens is 1. The van der Waals surface area contributed by atoms with Gasteiger partial charge in [-0.15, -0.1) is 0 Å². The van der Waals surface area contributed by atoms with E-state index in [4.69, 9.17) is 10.5 Å². The molecule has 7 heteroatoms. The van der Waals surface area contributed by atoms with E-state index >= 15 is 0 Å². The summed E-state index contributed by atoms with van der Waals surface area (Å²) in [6, 6.07) is 3.38. The molecule has 2 aromatic rings. The molecule has 132 valence electrons. The molecule has 0 spiro atoms. The zero-order chi connectivity index (χ0) is 17.2. The fourth-order valence-electron chi connectivity index (χ4n) is 3.47. The van der Waals surface area contributed by atoms with Gasteiger partial charge in [0.25, 0.3) is 0 Å². The number of aromatic nitrogens is 2. The van der Waals surface area contributed by atoms with Gasteiger partial charge >= 0.3 is 0 Å². The van der Waals surface area contributed by atoms with Crippen LogP contribution in [0.15, 0.2) is 24.5 Å². The van der Waals surface area contributed by atoms with Crippen LogP contribution in [0.4, 0.5) is 16.0 Å². The van der Waals surface area contributed by atoms with Gasteiger partial charge in [0.15, 0.2) is 0 Å². The lowest BCUT2D eigenvalue weighted by Crippen LogP contribution is -2.37. The molecule has 3 heterocycles. The molecule has 2 saturated heterocycles. The first kappa shape index (κ1) is 16.2. The summed E-state index contributed by atoms with van der Waals surface area (Å²) in [4.78, 5) is 10.8. The van der Waals surface area contributed by atoms with Crippen LogP contribution in [-0.2, 0) is 4.74 Å². The van der Waals surface area contributed by atoms with Gasteiger partial charge < -0.3 is 20.7 Å². The first-order chi connectivity index (χ1) is 12.2. The summed E-state index contributed by atoms with van der Waals surface area (Å²) in [5, 5.41) is 3.36. The smallest absolute Gasteiger partial charge is 0.225 e. The van der Waals surface area contributed by atoms with Gasteiger partial charge in [0.2, 0.25) is 5.95 Å². The monoisotopic (exact) mass is 343 g/mol. The number of nitrogens with two attached hydrogens (primary N) is 1. The normalized spacial score (nSPS) is 20.8. The van der Waals surface area contributed by atoms with Gasteiger partial charge in [0.05, 0.1) is 13.2 Å². The zero-order valence-corrected chi connectivity index (χ0v) is 14.0. The summed E-state index contributed by atoms with van der Waals surface area (Å²) in [5.41, 5.74) is 8.70. The Bertz CT molecular complexity index is 740. The fourth-order valence-corrected chi connectivity index (χ4v) is 3.47. The van der Waals surface area contributed by atoms with E-state index in [0.29, 0.717) is 36.0 Å². The van der Waals surface area contributed by atoms with Crippen LogP contribution in [-0.4, -0.2) is 42.8 Å². The minimum Gasteiger partial charge on any atom is -0.398 e. The average Bonchev–Trinajstić information content (AvgIpc) is 3.19. The Morgan fingerprint density at radius 1 is 1.20 bits per heavy atom. The average molecular weight is 343 g/mol. The predicted molar refractivity (Wildman–Crippen MR) is 94.8 cm³/mol. The van der Waals surface area contributed by atoms with Gasteiger partial charge in [-0.1, -0.05) is 0 Å². The second-order valence-electron chi connectivity index (χ2n) is 6.48. The molecule has 2 aliphatic heterocycles. The topological polar surface area (TPSA) is 76.3 Å². The summed E-state index contributed by atoms with van der Waals surface area (Å²) < 4.78 is 20.0. The summed E-state index contributed by atoms with van der Waals surface area (Å²) in [6.45, 7) is 3.83. The molecular formula is C18H22FN5O. The molecule has 0 saturated carbocycles. The minimum atomic E-state index is -0.291. The highest BCUT2D eigenvalue weighted by Crippen LogP contribution is 2.33. The number of ether oxygens (including phenoxy) is 1. The highest BCUT2D eigenvalue weighted by atomic mass is 19.1. The molecule has 0 unspecified atom stereocenters. The molecular weight excluding hydrogens is 321 g/mol. The number of rotatable bonds is 3. The van der Waals surface area contributed by atoms with Gasteiger partial charge in [-0.25, -0.2) is 14.4 Å². The van der Waals surface area contributed by atoms with Crippen LogP contribution in [0.25, 0.3) is 11.1 Å². The van der Waals surface area contributed by atoms with Gasteiger partial charge in [0.1, 0.15) is 5.82 Å². The summed E-state index contributed by atoms with van der Waals surface area (Å²) in [6.07, 6.45) is 5.39. The maximum absolute atomic E-state index is 14.7. The highest BCUT2D eigenvalue weighted by molar-refractivity contribution is 5.69. The van der Waals surface area contributed by atoms with Crippen LogP contribution in [0.1, 0.15) is 24.4 Å². The van der Waals surface area contributed by atoms with Crippen molar-refractivity contribution in [1.82, 2.24) is 15.3 Å². The van der Waals surface area contributed by atoms with Crippen LogP contribution in [0.2, 0.25) is 0 Å². The number of nitrogens with one attached hydrogen (secondary N) is 1. The third-order valence-electron chi connectivity index (χ3n) is 4.85. The number of hydrogen-bond acceptors (Lipinski definition) is 6. The maximum atomic E-state index is 14.7. The van der Waals surface area contributed by atoms with Crippen LogP contribution in [0, 0.1) is 5.82 Å². The van der Waals surface area contributed by atoms with Crippen molar-refractivity contribution in [2.45, 2.75) is 18.9 Å². The van der Waals surface area contributed by atoms with E-state index in [9.17, 15) is 4.39 Å². The van der Waals surface area contributed by atoms with E-state index in [0.717, 1.165) is 38.0 Å². The second-order valence-corrected chi connectivity index (χ2v) is 6.48. The largest absolute Gasteiger partial charge is 0.398 e. The number of morpholine rings is 1. The molecule has 3 N–H and O–H groups in total. The van der Waals surface area contributed by atoms with Crippen molar-refractivity contribution in [3.05, 3.63) is 35.9 Å². The Morgan fingerprint density at radius 2 is 1.96 bits per heavy atom. The number of benzene rings is 1. The van der Waals surface area contributed by atoms with Crippen LogP contribution >= 0.6 is 0 Å². The van der Waals surface area contributed by atoms with Crippen molar-refractivity contribution < 1.29 is 9.13 Å². The molecule has 0 amide bonds. The van der Waals surface area contributed by atoms with Crippen molar-refractivity contribution >= 4 is 11.6 Å². The molecule has 25 heavy (non-hydrogen) atoms. The Morgan fingerprint density at radius 3 is 2.64 bits per heavy atom. The number of nitrogens with zero attached hydrogens (tertiary/aromatic N) is 3. The lowest BCUT2D eigenvalue weighted by molar-refractivity contribution is 0.122. The van der Waals surface area contributed by atoms with Gasteiger partial charge in [-0.05, 0) is 37.1 Å². The van der Waals surface area contributed by atoms with Gasteiger partial charge in [-0.2, -0.15) is 0 Å². The van der Waals surface area contributed by atoms with Crippen molar-refractivity contribution in [3.8, 4) is 11.1 Å². The number of anilines is 2. The van der Waals surface area contributed by atoms with Gasteiger partial charge in [0, 0.05) is 48.3 Å². The molecule has 1 atom stereocenters. The number of hydrogen-bond donors (Lipinski definition) is 2. The zero-order valence-electron chi connectivity index (χ0n) is 14.0. The Balaban J connectivity index is 1.59. The van der Waals surface area contributed by atoms with Crippen molar-refractivity contribution in [1.29, 1.82) is 0 Å². The molecule has 2 aliphatic rings. The molecule has 4 rings (SSSR count). The molecule has 1 aromatic heterocycles. The quantitative estimate of drug-likeness (QED) is 0.832. The Hall–Kier alpha value is -2.25. The van der Waals surface area contributed by atoms with E-state index in [2.05, 4.69) is 20.2 Å². The maximum Gasteiger partial charge on any atom is 0.225 e. The first-order valence-corrected chi connectivity index (χ1v) is 8.70. The van der Waals surface area contributed by atoms with Crippen LogP contribution in [0.3, 0.4) is 0 Å². The summed E-state index contributed by atoms with van der Waals surface area (Å²) >= 11 is 0. The lowest BCUT2D eigenvalue weighted by Gasteiger charge is -2.26. The standard InChI is InChI=1S/C18H22FN5O/c19-15-8-14(17-2-1-3-21-17)16(20)9-13(15)12-10-22-18(23-11-12)24-4-6-25-7-5-24/h8-11,17,21H,1-7,20H2/t17-/m0/s1. The predicted octanol–water partition coefficient (Wildman–Crippen LogP) is 2.13. The van der Waals surface area contributed by atoms with Crippen LogP contribution in [0.5, 0.6) is 0 Å². The third kappa shape index (κ3) is 3.29. The number of nitrogen functional groups attached to an aromatic ring is 1. The lowest BCUT2D eigenvalue weighted by atomic mass is 9.98. The molecule has 1 aromatic carbocycles. The van der Waals surface area contributed by atoms with Crippen molar-refractivity contribution in [2.24, 2.45) is 0 Å². The van der Waals surface area contributed by atoms with Crippen molar-refractivity contribution in [2.75, 3.05) is 43.5 Å². The molecule has 0 radical (unpaired) electrons. The summed E-state index contributed by atoms with van der Waals surface area (Å²) in [7, 11) is 0. The van der Waals surface area contributed by atoms with Crippen molar-refractivity contribution in [3.63, 3.8) is 0 Å². The second kappa shape index (κ2) is 6.93. The molecule has 0 aliphatic carbocycles. The Kier molecular flexibility index (Phi) is 4.50. The summed E-state index contributed by atoms with van der Waals surface area (Å²) in [5.74, 6) is 0.354.